The first kappa shape index (κ1) is 18.0. The first-order valence-electron chi connectivity index (χ1n) is 8.29. The summed E-state index contributed by atoms with van der Waals surface area (Å²) in [6.45, 7) is 3.61. The Balaban J connectivity index is 2.46. The summed E-state index contributed by atoms with van der Waals surface area (Å²) in [5, 5.41) is 8.82. The Hall–Kier alpha value is -1.10. The van der Waals surface area contributed by atoms with Gasteiger partial charge in [0.05, 0.1) is 0 Å². The Morgan fingerprint density at radius 2 is 2.05 bits per heavy atom. The number of amides is 1. The minimum absolute atomic E-state index is 0.122. The summed E-state index contributed by atoms with van der Waals surface area (Å²) in [7, 11) is 0. The van der Waals surface area contributed by atoms with E-state index in [4.69, 9.17) is 10.8 Å². The molecule has 0 spiro atoms. The predicted octanol–water partition coefficient (Wildman–Crippen LogP) is 2.39. The lowest BCUT2D eigenvalue weighted by Gasteiger charge is -2.36. The van der Waals surface area contributed by atoms with Crippen LogP contribution in [0.3, 0.4) is 0 Å². The molecule has 1 amide bonds. The molecular weight excluding hydrogens is 268 g/mol. The summed E-state index contributed by atoms with van der Waals surface area (Å²) >= 11 is 0. The van der Waals surface area contributed by atoms with Crippen molar-refractivity contribution in [3.63, 3.8) is 0 Å². The number of nitrogens with two attached hydrogens (primary N) is 1. The van der Waals surface area contributed by atoms with E-state index in [0.717, 1.165) is 45.1 Å². The van der Waals surface area contributed by atoms with E-state index in [2.05, 4.69) is 6.92 Å². The normalized spacial score (nSPS) is 20.3. The lowest BCUT2D eigenvalue weighted by molar-refractivity contribution is -0.140. The molecule has 0 aliphatic carbocycles. The summed E-state index contributed by atoms with van der Waals surface area (Å²) in [4.78, 5) is 25.1. The van der Waals surface area contributed by atoms with Gasteiger partial charge in [-0.3, -0.25) is 9.59 Å². The SMILES string of the molecule is CCC(CCN)CCC(=O)N1CCCCC1CCC(=O)O. The van der Waals surface area contributed by atoms with Crippen molar-refractivity contribution >= 4 is 11.9 Å². The number of hydrogen-bond donors (Lipinski definition) is 2. The van der Waals surface area contributed by atoms with Crippen molar-refractivity contribution in [1.82, 2.24) is 4.90 Å². The highest BCUT2D eigenvalue weighted by atomic mass is 16.4. The van der Waals surface area contributed by atoms with Crippen molar-refractivity contribution in [1.29, 1.82) is 0 Å². The molecule has 1 aliphatic heterocycles. The minimum Gasteiger partial charge on any atom is -0.481 e. The molecule has 0 radical (unpaired) electrons. The lowest BCUT2D eigenvalue weighted by Crippen LogP contribution is -2.44. The van der Waals surface area contributed by atoms with E-state index in [-0.39, 0.29) is 18.4 Å². The van der Waals surface area contributed by atoms with Gasteiger partial charge in [-0.05, 0) is 51.0 Å². The van der Waals surface area contributed by atoms with Crippen molar-refractivity contribution in [2.24, 2.45) is 11.7 Å². The van der Waals surface area contributed by atoms with Gasteiger partial charge in [-0.25, -0.2) is 0 Å². The van der Waals surface area contributed by atoms with Gasteiger partial charge >= 0.3 is 5.97 Å². The van der Waals surface area contributed by atoms with E-state index in [0.29, 0.717) is 25.3 Å². The molecule has 5 nitrogen and oxygen atoms in total. The first-order valence-corrected chi connectivity index (χ1v) is 8.29. The lowest BCUT2D eigenvalue weighted by atomic mass is 9.94. The summed E-state index contributed by atoms with van der Waals surface area (Å²) < 4.78 is 0. The van der Waals surface area contributed by atoms with E-state index in [1.807, 2.05) is 4.90 Å². The quantitative estimate of drug-likeness (QED) is 0.684. The molecule has 1 saturated heterocycles. The van der Waals surface area contributed by atoms with Gasteiger partial charge in [0, 0.05) is 25.4 Å². The Labute approximate surface area is 127 Å². The van der Waals surface area contributed by atoms with Gasteiger partial charge in [0.15, 0.2) is 0 Å². The van der Waals surface area contributed by atoms with Gasteiger partial charge in [-0.1, -0.05) is 13.3 Å². The Morgan fingerprint density at radius 1 is 1.29 bits per heavy atom. The fraction of sp³-hybridized carbons (Fsp3) is 0.875. The van der Waals surface area contributed by atoms with E-state index in [1.165, 1.54) is 0 Å². The van der Waals surface area contributed by atoms with Crippen LogP contribution in [-0.4, -0.2) is 41.0 Å². The molecule has 2 atom stereocenters. The average Bonchev–Trinajstić information content (AvgIpc) is 2.49. The van der Waals surface area contributed by atoms with Crippen LogP contribution in [0.4, 0.5) is 0 Å². The van der Waals surface area contributed by atoms with Gasteiger partial charge < -0.3 is 15.7 Å². The van der Waals surface area contributed by atoms with E-state index in [1.54, 1.807) is 0 Å². The maximum Gasteiger partial charge on any atom is 0.303 e. The molecule has 1 aliphatic rings. The maximum absolute atomic E-state index is 12.4. The van der Waals surface area contributed by atoms with Crippen molar-refractivity contribution in [3.8, 4) is 0 Å². The Morgan fingerprint density at radius 3 is 2.67 bits per heavy atom. The number of aliphatic carboxylic acids is 1. The van der Waals surface area contributed by atoms with Gasteiger partial charge in [-0.2, -0.15) is 0 Å². The van der Waals surface area contributed by atoms with Crippen LogP contribution in [0.2, 0.25) is 0 Å². The van der Waals surface area contributed by atoms with Gasteiger partial charge in [0.25, 0.3) is 0 Å². The van der Waals surface area contributed by atoms with Crippen molar-refractivity contribution in [3.05, 3.63) is 0 Å². The second-order valence-electron chi connectivity index (χ2n) is 6.06. The molecule has 3 N–H and O–H groups in total. The molecule has 0 saturated carbocycles. The van der Waals surface area contributed by atoms with Gasteiger partial charge in [0.2, 0.25) is 5.91 Å². The third kappa shape index (κ3) is 6.46. The molecular formula is C16H30N2O3. The zero-order chi connectivity index (χ0) is 15.7. The fourth-order valence-electron chi connectivity index (χ4n) is 3.18. The van der Waals surface area contributed by atoms with E-state index in [9.17, 15) is 9.59 Å². The fourth-order valence-corrected chi connectivity index (χ4v) is 3.18. The third-order valence-corrected chi connectivity index (χ3v) is 4.56. The number of hydrogen-bond acceptors (Lipinski definition) is 3. The molecule has 0 bridgehead atoms. The highest BCUT2D eigenvalue weighted by molar-refractivity contribution is 5.76. The molecule has 1 heterocycles. The van der Waals surface area contributed by atoms with Gasteiger partial charge in [0.1, 0.15) is 0 Å². The van der Waals surface area contributed by atoms with Crippen molar-refractivity contribution < 1.29 is 14.7 Å². The average molecular weight is 298 g/mol. The largest absolute Gasteiger partial charge is 0.481 e. The van der Waals surface area contributed by atoms with E-state index >= 15 is 0 Å². The molecule has 5 heteroatoms. The molecule has 21 heavy (non-hydrogen) atoms. The molecule has 0 aromatic rings. The first-order chi connectivity index (χ1) is 10.1. The summed E-state index contributed by atoms with van der Waals surface area (Å²) in [6.07, 6.45) is 7.32. The number of carbonyl (C=O) groups is 2. The molecule has 122 valence electrons. The van der Waals surface area contributed by atoms with Crippen molar-refractivity contribution in [2.45, 2.75) is 70.8 Å². The Kier molecular flexibility index (Phi) is 8.35. The number of carboxylic acid groups (broad SMARTS) is 1. The van der Waals surface area contributed by atoms with E-state index < -0.39 is 5.97 Å². The molecule has 1 rings (SSSR count). The number of likely N-dealkylation sites (tertiary alicyclic amines) is 1. The molecule has 0 aromatic carbocycles. The van der Waals surface area contributed by atoms with Crippen LogP contribution in [0.15, 0.2) is 0 Å². The third-order valence-electron chi connectivity index (χ3n) is 4.56. The van der Waals surface area contributed by atoms with Crippen LogP contribution in [-0.2, 0) is 9.59 Å². The van der Waals surface area contributed by atoms with Crippen LogP contribution < -0.4 is 5.73 Å². The second kappa shape index (κ2) is 9.77. The maximum atomic E-state index is 12.4. The zero-order valence-electron chi connectivity index (χ0n) is 13.2. The predicted molar refractivity (Wildman–Crippen MR) is 82.9 cm³/mol. The molecule has 0 aromatic heterocycles. The van der Waals surface area contributed by atoms with Gasteiger partial charge in [-0.15, -0.1) is 0 Å². The van der Waals surface area contributed by atoms with Crippen LogP contribution in [0.5, 0.6) is 0 Å². The van der Waals surface area contributed by atoms with Crippen LogP contribution >= 0.6 is 0 Å². The number of rotatable bonds is 9. The second-order valence-corrected chi connectivity index (χ2v) is 6.06. The van der Waals surface area contributed by atoms with Crippen LogP contribution in [0.25, 0.3) is 0 Å². The summed E-state index contributed by atoms with van der Waals surface area (Å²) in [6, 6.07) is 0.122. The summed E-state index contributed by atoms with van der Waals surface area (Å²) in [5.74, 6) is -0.0521. The highest BCUT2D eigenvalue weighted by Crippen LogP contribution is 2.23. The number of nitrogens with zero attached hydrogens (tertiary/aromatic N) is 1. The topological polar surface area (TPSA) is 83.6 Å². The smallest absolute Gasteiger partial charge is 0.303 e. The standard InChI is InChI=1S/C16H30N2O3/c1-2-13(10-11-17)6-8-15(19)18-12-4-3-5-14(18)7-9-16(20)21/h13-14H,2-12,17H2,1H3,(H,20,21). The van der Waals surface area contributed by atoms with Crippen LogP contribution in [0, 0.1) is 5.92 Å². The number of carbonyl (C=O) groups excluding carboxylic acids is 1. The molecule has 2 unspecified atom stereocenters. The Bertz CT molecular complexity index is 333. The highest BCUT2D eigenvalue weighted by Gasteiger charge is 2.26. The minimum atomic E-state index is -0.776. The number of piperidine rings is 1. The van der Waals surface area contributed by atoms with Crippen LogP contribution in [0.1, 0.15) is 64.7 Å². The van der Waals surface area contributed by atoms with Crippen molar-refractivity contribution in [2.75, 3.05) is 13.1 Å². The zero-order valence-corrected chi connectivity index (χ0v) is 13.2. The molecule has 1 fully saturated rings. The number of carboxylic acids is 1. The monoisotopic (exact) mass is 298 g/mol. The summed E-state index contributed by atoms with van der Waals surface area (Å²) in [5.41, 5.74) is 5.59.